The number of likely N-dealkylation sites (tertiary alicyclic amines) is 1. The molecule has 9 nitrogen and oxygen atoms in total. The number of hydrogen-bond acceptors (Lipinski definition) is 7. The number of hydrogen-bond donors (Lipinski definition) is 0. The number of halogens is 1. The monoisotopic (exact) mass is 594 g/mol. The second kappa shape index (κ2) is 13.1. The molecule has 0 aromatic heterocycles. The first-order chi connectivity index (χ1) is 19.0. The molecule has 0 bridgehead atoms. The summed E-state index contributed by atoms with van der Waals surface area (Å²) in [4.78, 5) is 30.5. The van der Waals surface area contributed by atoms with Gasteiger partial charge in [-0.1, -0.05) is 11.6 Å². The zero-order chi connectivity index (χ0) is 30.8. The molecule has 1 aromatic rings. The Hall–Kier alpha value is -2.01. The fourth-order valence-corrected chi connectivity index (χ4v) is 5.29. The maximum Gasteiger partial charge on any atom is 0.498 e. The summed E-state index contributed by atoms with van der Waals surface area (Å²) in [6.07, 6.45) is 1.84. The third kappa shape index (κ3) is 8.09. The number of amides is 2. The number of methoxy groups -OCH3 is 1. The zero-order valence-electron chi connectivity index (χ0n) is 26.5. The van der Waals surface area contributed by atoms with Gasteiger partial charge in [0.05, 0.1) is 34.4 Å². The molecule has 0 spiro atoms. The maximum absolute atomic E-state index is 14.1. The summed E-state index contributed by atoms with van der Waals surface area (Å²) in [5.74, 6) is 0.262. The SMILES string of the molecule is COCCCOc1cc(C(=O)N(C(C)C)[C@@H]2CCCN(C(=O)OC(C)(C)C)C2)c(Cl)cc1B1OC(C)(C)C(C)(C)O1. The van der Waals surface area contributed by atoms with Crippen LogP contribution < -0.4 is 10.2 Å². The average molecular weight is 595 g/mol. The largest absolute Gasteiger partial charge is 0.498 e. The topological polar surface area (TPSA) is 86.8 Å². The lowest BCUT2D eigenvalue weighted by atomic mass is 9.77. The molecule has 230 valence electrons. The first kappa shape index (κ1) is 33.5. The van der Waals surface area contributed by atoms with E-state index in [1.807, 2.05) is 67.2 Å². The van der Waals surface area contributed by atoms with Gasteiger partial charge in [0.2, 0.25) is 0 Å². The molecule has 2 aliphatic rings. The lowest BCUT2D eigenvalue weighted by molar-refractivity contribution is 0.00578. The van der Waals surface area contributed by atoms with E-state index < -0.39 is 23.9 Å². The highest BCUT2D eigenvalue weighted by Gasteiger charge is 2.52. The number of benzene rings is 1. The van der Waals surface area contributed by atoms with E-state index in [-0.39, 0.29) is 29.1 Å². The molecule has 2 heterocycles. The van der Waals surface area contributed by atoms with Crippen LogP contribution in [0.25, 0.3) is 0 Å². The van der Waals surface area contributed by atoms with Crippen molar-refractivity contribution in [2.45, 2.75) is 110 Å². The second-order valence-electron chi connectivity index (χ2n) is 13.2. The van der Waals surface area contributed by atoms with E-state index >= 15 is 0 Å². The first-order valence-electron chi connectivity index (χ1n) is 14.6. The molecule has 0 radical (unpaired) electrons. The fraction of sp³-hybridized carbons (Fsp3) is 0.733. The Morgan fingerprint density at radius 1 is 1.15 bits per heavy atom. The lowest BCUT2D eigenvalue weighted by Gasteiger charge is -2.41. The molecule has 2 saturated heterocycles. The summed E-state index contributed by atoms with van der Waals surface area (Å²) >= 11 is 6.82. The molecule has 0 unspecified atom stereocenters. The molecule has 2 amide bonds. The summed E-state index contributed by atoms with van der Waals surface area (Å²) in [6.45, 7) is 19.3. The number of rotatable bonds is 9. The van der Waals surface area contributed by atoms with Crippen LogP contribution in [-0.2, 0) is 18.8 Å². The molecule has 3 rings (SSSR count). The Morgan fingerprint density at radius 3 is 2.34 bits per heavy atom. The van der Waals surface area contributed by atoms with Crippen molar-refractivity contribution in [3.63, 3.8) is 0 Å². The number of carbonyl (C=O) groups excluding carboxylic acids is 2. The van der Waals surface area contributed by atoms with Crippen LogP contribution in [-0.4, -0.2) is 91.2 Å². The van der Waals surface area contributed by atoms with Crippen LogP contribution in [0.5, 0.6) is 5.75 Å². The van der Waals surface area contributed by atoms with Gasteiger partial charge in [0, 0.05) is 44.7 Å². The van der Waals surface area contributed by atoms with Gasteiger partial charge in [-0.05, 0) is 87.3 Å². The van der Waals surface area contributed by atoms with Crippen molar-refractivity contribution in [3.8, 4) is 5.75 Å². The third-order valence-electron chi connectivity index (χ3n) is 7.82. The number of carbonyl (C=O) groups is 2. The summed E-state index contributed by atoms with van der Waals surface area (Å²) in [7, 11) is 0.936. The third-order valence-corrected chi connectivity index (χ3v) is 8.13. The van der Waals surface area contributed by atoms with Gasteiger partial charge >= 0.3 is 13.2 Å². The van der Waals surface area contributed by atoms with Gasteiger partial charge in [0.15, 0.2) is 0 Å². The molecular formula is C30H48BClN2O7. The predicted octanol–water partition coefficient (Wildman–Crippen LogP) is 5.30. The maximum atomic E-state index is 14.1. The van der Waals surface area contributed by atoms with Crippen LogP contribution >= 0.6 is 11.6 Å². The molecule has 0 N–H and O–H groups in total. The van der Waals surface area contributed by atoms with E-state index in [0.29, 0.717) is 49.5 Å². The fourth-order valence-electron chi connectivity index (χ4n) is 5.03. The van der Waals surface area contributed by atoms with Crippen molar-refractivity contribution >= 4 is 36.2 Å². The minimum atomic E-state index is -0.707. The highest BCUT2D eigenvalue weighted by Crippen LogP contribution is 2.38. The number of ether oxygens (including phenoxy) is 3. The highest BCUT2D eigenvalue weighted by molar-refractivity contribution is 6.63. The molecule has 0 saturated carbocycles. The molecule has 2 fully saturated rings. The predicted molar refractivity (Wildman–Crippen MR) is 161 cm³/mol. The van der Waals surface area contributed by atoms with Crippen molar-refractivity contribution < 1.29 is 33.1 Å². The average Bonchev–Trinajstić information content (AvgIpc) is 3.07. The minimum Gasteiger partial charge on any atom is -0.494 e. The standard InChI is InChI=1S/C30H48BClN2O7/c1-20(2)34(21-13-11-14-33(19-21)27(36)39-28(3,4)5)26(35)22-17-25(38-16-12-15-37-10)23(18-24(22)32)31-40-29(6,7)30(8,9)41-31/h17-18,20-21H,11-16,19H2,1-10H3/t21-/m1/s1. The van der Waals surface area contributed by atoms with Gasteiger partial charge in [-0.2, -0.15) is 0 Å². The molecule has 0 aliphatic carbocycles. The Balaban J connectivity index is 1.93. The first-order valence-corrected chi connectivity index (χ1v) is 15.0. The molecule has 1 aromatic carbocycles. The quantitative estimate of drug-likeness (QED) is 0.283. The van der Waals surface area contributed by atoms with Gasteiger partial charge in [0.25, 0.3) is 5.91 Å². The zero-order valence-corrected chi connectivity index (χ0v) is 27.2. The normalized spacial score (nSPS) is 20.3. The second-order valence-corrected chi connectivity index (χ2v) is 13.6. The minimum absolute atomic E-state index is 0.129. The summed E-state index contributed by atoms with van der Waals surface area (Å²) in [6, 6.07) is 3.10. The molecular weight excluding hydrogens is 547 g/mol. The Morgan fingerprint density at radius 2 is 1.78 bits per heavy atom. The van der Waals surface area contributed by atoms with Crippen LogP contribution in [0.1, 0.15) is 91.9 Å². The summed E-state index contributed by atoms with van der Waals surface area (Å²) in [5.41, 5.74) is -0.740. The number of piperidine rings is 1. The van der Waals surface area contributed by atoms with E-state index in [9.17, 15) is 9.59 Å². The number of nitrogens with zero attached hydrogens (tertiary/aromatic N) is 2. The summed E-state index contributed by atoms with van der Waals surface area (Å²) < 4.78 is 29.5. The van der Waals surface area contributed by atoms with Crippen molar-refractivity contribution in [2.24, 2.45) is 0 Å². The highest BCUT2D eigenvalue weighted by atomic mass is 35.5. The Labute approximate surface area is 251 Å². The van der Waals surface area contributed by atoms with Crippen molar-refractivity contribution in [2.75, 3.05) is 33.4 Å². The van der Waals surface area contributed by atoms with Crippen LogP contribution in [0.15, 0.2) is 12.1 Å². The van der Waals surface area contributed by atoms with Crippen LogP contribution in [0.3, 0.4) is 0 Å². The van der Waals surface area contributed by atoms with Gasteiger partial charge in [-0.3, -0.25) is 4.79 Å². The van der Waals surface area contributed by atoms with Crippen LogP contribution in [0.4, 0.5) is 4.79 Å². The van der Waals surface area contributed by atoms with Gasteiger partial charge in [-0.25, -0.2) is 4.79 Å². The Kier molecular flexibility index (Phi) is 10.7. The smallest absolute Gasteiger partial charge is 0.494 e. The van der Waals surface area contributed by atoms with Crippen molar-refractivity contribution in [1.82, 2.24) is 9.80 Å². The molecule has 41 heavy (non-hydrogen) atoms. The van der Waals surface area contributed by atoms with E-state index in [4.69, 9.17) is 35.1 Å². The Bertz CT molecular complexity index is 1070. The molecule has 2 aliphatic heterocycles. The van der Waals surface area contributed by atoms with Crippen molar-refractivity contribution in [1.29, 1.82) is 0 Å². The van der Waals surface area contributed by atoms with Crippen LogP contribution in [0, 0.1) is 0 Å². The van der Waals surface area contributed by atoms with E-state index in [1.165, 1.54) is 0 Å². The van der Waals surface area contributed by atoms with E-state index in [0.717, 1.165) is 12.8 Å². The molecule has 1 atom stereocenters. The lowest BCUT2D eigenvalue weighted by Crippen LogP contribution is -2.54. The van der Waals surface area contributed by atoms with Crippen molar-refractivity contribution in [3.05, 3.63) is 22.7 Å². The van der Waals surface area contributed by atoms with E-state index in [2.05, 4.69) is 0 Å². The van der Waals surface area contributed by atoms with Gasteiger partial charge in [-0.15, -0.1) is 0 Å². The van der Waals surface area contributed by atoms with Gasteiger partial charge in [0.1, 0.15) is 11.4 Å². The van der Waals surface area contributed by atoms with Gasteiger partial charge < -0.3 is 33.3 Å². The van der Waals surface area contributed by atoms with Crippen LogP contribution in [0.2, 0.25) is 5.02 Å². The summed E-state index contributed by atoms with van der Waals surface area (Å²) in [5, 5.41) is 0.286. The van der Waals surface area contributed by atoms with E-state index in [1.54, 1.807) is 24.1 Å². The molecule has 11 heteroatoms.